The molecule has 0 bridgehead atoms. The molecule has 1 aliphatic carbocycles. The number of rotatable bonds is 4. The van der Waals surface area contributed by atoms with E-state index in [2.05, 4.69) is 14.7 Å². The van der Waals surface area contributed by atoms with Gasteiger partial charge < -0.3 is 10.8 Å². The molecule has 1 fully saturated rings. The molecule has 0 radical (unpaired) electrons. The van der Waals surface area contributed by atoms with Crippen LogP contribution >= 0.6 is 11.6 Å². The lowest BCUT2D eigenvalue weighted by Gasteiger charge is -2.27. The molecule has 148 valence electrons. The van der Waals surface area contributed by atoms with E-state index in [0.29, 0.717) is 52.9 Å². The monoisotopic (exact) mass is 420 g/mol. The summed E-state index contributed by atoms with van der Waals surface area (Å²) in [5.41, 5.74) is 9.15. The number of hydrogen-bond donors (Lipinski definition) is 3. The van der Waals surface area contributed by atoms with E-state index in [1.165, 1.54) is 0 Å². The second-order valence-electron chi connectivity index (χ2n) is 7.14. The van der Waals surface area contributed by atoms with Crippen molar-refractivity contribution in [2.24, 2.45) is 10.7 Å². The molecule has 2 atom stereocenters. The Morgan fingerprint density at radius 1 is 1.18 bits per heavy atom. The third-order valence-corrected chi connectivity index (χ3v) is 7.39. The van der Waals surface area contributed by atoms with E-state index in [0.717, 1.165) is 18.4 Å². The minimum Gasteiger partial charge on any atom is -0.392 e. The largest absolute Gasteiger partial charge is 0.392 e. The van der Waals surface area contributed by atoms with Crippen LogP contribution in [0.4, 0.5) is 5.69 Å². The van der Waals surface area contributed by atoms with Gasteiger partial charge in [0.1, 0.15) is 16.8 Å². The van der Waals surface area contributed by atoms with Crippen LogP contribution in [0.5, 0.6) is 0 Å². The molecule has 2 heterocycles. The highest BCUT2D eigenvalue weighted by Crippen LogP contribution is 2.32. The van der Waals surface area contributed by atoms with Gasteiger partial charge in [0.25, 0.3) is 0 Å². The summed E-state index contributed by atoms with van der Waals surface area (Å²) in [6, 6.07) is 8.67. The van der Waals surface area contributed by atoms with Gasteiger partial charge in [-0.1, -0.05) is 30.5 Å². The molecule has 9 heteroatoms. The Morgan fingerprint density at radius 3 is 2.71 bits per heavy atom. The molecule has 0 amide bonds. The zero-order chi connectivity index (χ0) is 19.9. The Balaban J connectivity index is 1.59. The molecular formula is C19H21ClN4O3S. The van der Waals surface area contributed by atoms with Crippen molar-refractivity contribution in [3.63, 3.8) is 0 Å². The van der Waals surface area contributed by atoms with Crippen LogP contribution in [-0.2, 0) is 16.6 Å². The van der Waals surface area contributed by atoms with Gasteiger partial charge >= 0.3 is 0 Å². The highest BCUT2D eigenvalue weighted by Gasteiger charge is 2.34. The summed E-state index contributed by atoms with van der Waals surface area (Å²) >= 11 is 6.41. The number of halogens is 1. The van der Waals surface area contributed by atoms with Crippen molar-refractivity contribution in [2.45, 2.75) is 43.6 Å². The molecular weight excluding hydrogens is 400 g/mol. The molecule has 0 saturated heterocycles. The van der Waals surface area contributed by atoms with Crippen LogP contribution in [0.1, 0.15) is 36.9 Å². The molecule has 0 unspecified atom stereocenters. The van der Waals surface area contributed by atoms with Crippen LogP contribution in [0.15, 0.2) is 35.3 Å². The standard InChI is InChI=1S/C19H21ClN4O3S/c20-14-9-12(24-28(26,27)17-4-2-1-3-16(17)25)6-7-13(14)15-8-5-11-10-22-19(21)18(11)23-15/h5-9,16-17,24-25H,1-4,10H2,(H2,21,22)/t16-,17+/m1/s1. The highest BCUT2D eigenvalue weighted by atomic mass is 35.5. The lowest BCUT2D eigenvalue weighted by molar-refractivity contribution is 0.133. The van der Waals surface area contributed by atoms with E-state index in [9.17, 15) is 13.5 Å². The molecule has 0 spiro atoms. The molecule has 4 N–H and O–H groups in total. The van der Waals surface area contributed by atoms with Crippen molar-refractivity contribution in [2.75, 3.05) is 4.72 Å². The van der Waals surface area contributed by atoms with Crippen LogP contribution in [0.25, 0.3) is 11.3 Å². The van der Waals surface area contributed by atoms with Gasteiger partial charge in [0.05, 0.1) is 29.1 Å². The van der Waals surface area contributed by atoms with E-state index in [4.69, 9.17) is 17.3 Å². The number of nitrogens with one attached hydrogen (secondary N) is 1. The molecule has 2 aromatic rings. The van der Waals surface area contributed by atoms with Gasteiger partial charge in [-0.2, -0.15) is 0 Å². The van der Waals surface area contributed by atoms with Gasteiger partial charge in [0.15, 0.2) is 0 Å². The van der Waals surface area contributed by atoms with Crippen molar-refractivity contribution < 1.29 is 13.5 Å². The zero-order valence-corrected chi connectivity index (χ0v) is 16.7. The maximum Gasteiger partial charge on any atom is 0.238 e. The van der Waals surface area contributed by atoms with E-state index in [1.54, 1.807) is 18.2 Å². The van der Waals surface area contributed by atoms with Crippen molar-refractivity contribution >= 4 is 33.1 Å². The highest BCUT2D eigenvalue weighted by molar-refractivity contribution is 7.93. The van der Waals surface area contributed by atoms with Crippen molar-refractivity contribution in [1.29, 1.82) is 0 Å². The first-order valence-electron chi connectivity index (χ1n) is 9.15. The molecule has 7 nitrogen and oxygen atoms in total. The Hall–Kier alpha value is -2.16. The molecule has 1 aromatic heterocycles. The first kappa shape index (κ1) is 19.2. The number of hydrogen-bond acceptors (Lipinski definition) is 6. The number of nitrogens with zero attached hydrogens (tertiary/aromatic N) is 2. The lowest BCUT2D eigenvalue weighted by atomic mass is 9.97. The van der Waals surface area contributed by atoms with Gasteiger partial charge in [-0.3, -0.25) is 9.71 Å². The number of pyridine rings is 1. The normalized spacial score (nSPS) is 21.9. The first-order valence-corrected chi connectivity index (χ1v) is 11.1. The third-order valence-electron chi connectivity index (χ3n) is 5.21. The minimum absolute atomic E-state index is 0.355. The average molecular weight is 421 g/mol. The van der Waals surface area contributed by atoms with Crippen LogP contribution in [0, 0.1) is 0 Å². The molecule has 28 heavy (non-hydrogen) atoms. The zero-order valence-electron chi connectivity index (χ0n) is 15.1. The van der Waals surface area contributed by atoms with Gasteiger partial charge in [-0.25, -0.2) is 13.4 Å². The molecule has 2 aliphatic rings. The predicted octanol–water partition coefficient (Wildman–Crippen LogP) is 2.67. The number of sulfonamides is 1. The second-order valence-corrected chi connectivity index (χ2v) is 9.44. The maximum absolute atomic E-state index is 12.6. The smallest absolute Gasteiger partial charge is 0.238 e. The second kappa shape index (κ2) is 7.35. The molecule has 1 saturated carbocycles. The Kier molecular flexibility index (Phi) is 5.03. The van der Waals surface area contributed by atoms with Gasteiger partial charge in [-0.05, 0) is 37.1 Å². The number of fused-ring (bicyclic) bond motifs is 1. The summed E-state index contributed by atoms with van der Waals surface area (Å²) in [6.45, 7) is 0.524. The Labute approximate surface area is 168 Å². The van der Waals surface area contributed by atoms with E-state index < -0.39 is 21.4 Å². The number of nitrogens with two attached hydrogens (primary N) is 1. The maximum atomic E-state index is 12.6. The Bertz CT molecular complexity index is 1060. The third kappa shape index (κ3) is 3.59. The quantitative estimate of drug-likeness (QED) is 0.702. The van der Waals surface area contributed by atoms with E-state index >= 15 is 0 Å². The average Bonchev–Trinajstić information content (AvgIpc) is 3.02. The van der Waals surface area contributed by atoms with Gasteiger partial charge in [-0.15, -0.1) is 0 Å². The summed E-state index contributed by atoms with van der Waals surface area (Å²) in [5.74, 6) is 0.406. The van der Waals surface area contributed by atoms with Crippen LogP contribution in [-0.4, -0.2) is 35.7 Å². The fourth-order valence-electron chi connectivity index (χ4n) is 3.70. The minimum atomic E-state index is -3.70. The SMILES string of the molecule is NC1=NCc2ccc(-c3ccc(NS(=O)(=O)[C@H]4CCCC[C@H]4O)cc3Cl)nc21. The van der Waals surface area contributed by atoms with Crippen LogP contribution in [0.3, 0.4) is 0 Å². The van der Waals surface area contributed by atoms with Gasteiger partial charge in [0.2, 0.25) is 10.0 Å². The number of benzene rings is 1. The molecule has 1 aromatic carbocycles. The van der Waals surface area contributed by atoms with E-state index in [-0.39, 0.29) is 0 Å². The fraction of sp³-hybridized carbons (Fsp3) is 0.368. The topological polar surface area (TPSA) is 118 Å². The van der Waals surface area contributed by atoms with Crippen LogP contribution in [0.2, 0.25) is 5.02 Å². The van der Waals surface area contributed by atoms with Gasteiger partial charge in [0, 0.05) is 11.1 Å². The van der Waals surface area contributed by atoms with Crippen molar-refractivity contribution in [1.82, 2.24) is 4.98 Å². The van der Waals surface area contributed by atoms with Crippen molar-refractivity contribution in [3.05, 3.63) is 46.6 Å². The lowest BCUT2D eigenvalue weighted by Crippen LogP contribution is -2.40. The number of amidine groups is 1. The first-order chi connectivity index (χ1) is 13.3. The fourth-order valence-corrected chi connectivity index (χ4v) is 5.61. The number of aliphatic imine (C=N–C) groups is 1. The summed E-state index contributed by atoms with van der Waals surface area (Å²) in [5, 5.41) is 9.62. The number of aliphatic hydroxyl groups is 1. The summed E-state index contributed by atoms with van der Waals surface area (Å²) < 4.78 is 27.8. The summed E-state index contributed by atoms with van der Waals surface area (Å²) in [6.07, 6.45) is 1.74. The number of aromatic nitrogens is 1. The number of anilines is 1. The van der Waals surface area contributed by atoms with Crippen LogP contribution < -0.4 is 10.5 Å². The number of aliphatic hydroxyl groups excluding tert-OH is 1. The summed E-state index contributed by atoms with van der Waals surface area (Å²) in [4.78, 5) is 8.71. The molecule has 4 rings (SSSR count). The summed E-state index contributed by atoms with van der Waals surface area (Å²) in [7, 11) is -3.70. The van der Waals surface area contributed by atoms with E-state index in [1.807, 2.05) is 12.1 Å². The Morgan fingerprint density at radius 2 is 1.96 bits per heavy atom. The van der Waals surface area contributed by atoms with Crippen molar-refractivity contribution in [3.8, 4) is 11.3 Å². The molecule has 1 aliphatic heterocycles. The predicted molar refractivity (Wildman–Crippen MR) is 110 cm³/mol.